The second-order valence-corrected chi connectivity index (χ2v) is 6.01. The number of hydrogen-bond donors (Lipinski definition) is 2. The van der Waals surface area contributed by atoms with E-state index in [1.54, 1.807) is 7.11 Å². The fourth-order valence-corrected chi connectivity index (χ4v) is 2.89. The second kappa shape index (κ2) is 10.9. The van der Waals surface area contributed by atoms with Crippen LogP contribution in [0.3, 0.4) is 0 Å². The van der Waals surface area contributed by atoms with E-state index in [1.807, 2.05) is 37.3 Å². The minimum Gasteiger partial charge on any atom is -0.496 e. The van der Waals surface area contributed by atoms with Crippen molar-refractivity contribution in [1.29, 1.82) is 0 Å². The molecule has 0 saturated carbocycles. The zero-order chi connectivity index (χ0) is 17.9. The smallest absolute Gasteiger partial charge is 0.161 e. The number of para-hydroxylation sites is 2. The molecule has 0 amide bonds. The van der Waals surface area contributed by atoms with Crippen LogP contribution in [0.4, 0.5) is 0 Å². The van der Waals surface area contributed by atoms with Crippen molar-refractivity contribution in [3.8, 4) is 17.2 Å². The lowest BCUT2D eigenvalue weighted by atomic mass is 10.1. The molecule has 5 nitrogen and oxygen atoms in total. The van der Waals surface area contributed by atoms with Crippen LogP contribution in [0.25, 0.3) is 0 Å². The van der Waals surface area contributed by atoms with Gasteiger partial charge in [-0.05, 0) is 61.7 Å². The van der Waals surface area contributed by atoms with Crippen LogP contribution in [0.2, 0.25) is 0 Å². The molecule has 0 fully saturated rings. The standard InChI is InChI=1S/C19H26N2O3S/c1-3-23-16-6-4-5-7-17(16)24-13-12-21-11-10-15-8-9-18(22-2)19(14-15)25-20/h4-9,14,21H,3,10-13,20H2,1-2H3. The van der Waals surface area contributed by atoms with Gasteiger partial charge in [-0.2, -0.15) is 0 Å². The van der Waals surface area contributed by atoms with Crippen LogP contribution in [0.15, 0.2) is 47.4 Å². The Morgan fingerprint density at radius 1 is 1.00 bits per heavy atom. The molecule has 0 aliphatic rings. The van der Waals surface area contributed by atoms with Gasteiger partial charge in [-0.15, -0.1) is 0 Å². The third-order valence-corrected chi connectivity index (χ3v) is 4.20. The lowest BCUT2D eigenvalue weighted by Gasteiger charge is -2.12. The van der Waals surface area contributed by atoms with Crippen molar-refractivity contribution in [2.24, 2.45) is 5.14 Å². The first kappa shape index (κ1) is 19.4. The highest BCUT2D eigenvalue weighted by atomic mass is 32.2. The lowest BCUT2D eigenvalue weighted by Crippen LogP contribution is -2.23. The monoisotopic (exact) mass is 362 g/mol. The Morgan fingerprint density at radius 2 is 1.76 bits per heavy atom. The Morgan fingerprint density at radius 3 is 2.44 bits per heavy atom. The highest BCUT2D eigenvalue weighted by Gasteiger charge is 2.04. The normalized spacial score (nSPS) is 10.5. The minimum atomic E-state index is 0.594. The molecule has 25 heavy (non-hydrogen) atoms. The third kappa shape index (κ3) is 6.16. The van der Waals surface area contributed by atoms with Gasteiger partial charge >= 0.3 is 0 Å². The fraction of sp³-hybridized carbons (Fsp3) is 0.368. The van der Waals surface area contributed by atoms with Gasteiger partial charge in [-0.3, -0.25) is 5.14 Å². The van der Waals surface area contributed by atoms with Gasteiger partial charge < -0.3 is 19.5 Å². The molecule has 0 aliphatic heterocycles. The predicted molar refractivity (Wildman–Crippen MR) is 103 cm³/mol. The summed E-state index contributed by atoms with van der Waals surface area (Å²) in [6.07, 6.45) is 0.924. The van der Waals surface area contributed by atoms with Gasteiger partial charge in [0.05, 0.1) is 18.6 Å². The second-order valence-electron chi connectivity index (χ2n) is 5.33. The Bertz CT molecular complexity index is 652. The van der Waals surface area contributed by atoms with Crippen LogP contribution < -0.4 is 24.7 Å². The summed E-state index contributed by atoms with van der Waals surface area (Å²) in [5, 5.41) is 9.06. The zero-order valence-electron chi connectivity index (χ0n) is 14.8. The summed E-state index contributed by atoms with van der Waals surface area (Å²) in [7, 11) is 1.65. The average molecular weight is 362 g/mol. The quantitative estimate of drug-likeness (QED) is 0.472. The molecule has 0 saturated heterocycles. The Balaban J connectivity index is 1.70. The van der Waals surface area contributed by atoms with E-state index in [9.17, 15) is 0 Å². The molecule has 136 valence electrons. The first-order valence-electron chi connectivity index (χ1n) is 8.37. The first-order valence-corrected chi connectivity index (χ1v) is 9.25. The number of nitrogens with one attached hydrogen (secondary N) is 1. The summed E-state index contributed by atoms with van der Waals surface area (Å²) in [5.41, 5.74) is 1.23. The maximum Gasteiger partial charge on any atom is 0.161 e. The van der Waals surface area contributed by atoms with Crippen molar-refractivity contribution < 1.29 is 14.2 Å². The van der Waals surface area contributed by atoms with E-state index in [0.717, 1.165) is 41.7 Å². The van der Waals surface area contributed by atoms with Crippen LogP contribution in [0, 0.1) is 0 Å². The van der Waals surface area contributed by atoms with Gasteiger partial charge in [0, 0.05) is 6.54 Å². The van der Waals surface area contributed by atoms with Gasteiger partial charge in [0.1, 0.15) is 12.4 Å². The highest BCUT2D eigenvalue weighted by Crippen LogP contribution is 2.27. The van der Waals surface area contributed by atoms with Crippen LogP contribution in [0.1, 0.15) is 12.5 Å². The van der Waals surface area contributed by atoms with E-state index < -0.39 is 0 Å². The van der Waals surface area contributed by atoms with E-state index in [2.05, 4.69) is 17.4 Å². The summed E-state index contributed by atoms with van der Waals surface area (Å²) >= 11 is 1.21. The fourth-order valence-electron chi connectivity index (χ4n) is 2.40. The number of methoxy groups -OCH3 is 1. The van der Waals surface area contributed by atoms with Gasteiger partial charge in [0.2, 0.25) is 0 Å². The van der Waals surface area contributed by atoms with Crippen LogP contribution >= 0.6 is 11.9 Å². The summed E-state index contributed by atoms with van der Waals surface area (Å²) in [6.45, 7) is 4.83. The van der Waals surface area contributed by atoms with E-state index in [1.165, 1.54) is 17.5 Å². The van der Waals surface area contributed by atoms with Crippen LogP contribution in [-0.2, 0) is 6.42 Å². The third-order valence-electron chi connectivity index (χ3n) is 3.63. The Labute approximate surface area is 154 Å². The van der Waals surface area contributed by atoms with E-state index in [4.69, 9.17) is 19.3 Å². The minimum absolute atomic E-state index is 0.594. The molecule has 2 rings (SSSR count). The molecule has 2 aromatic rings. The zero-order valence-corrected chi connectivity index (χ0v) is 15.6. The molecule has 0 bridgehead atoms. The Kier molecular flexibility index (Phi) is 8.45. The molecule has 0 heterocycles. The molecule has 6 heteroatoms. The van der Waals surface area contributed by atoms with E-state index >= 15 is 0 Å². The highest BCUT2D eigenvalue weighted by molar-refractivity contribution is 7.97. The van der Waals surface area contributed by atoms with Crippen LogP contribution in [-0.4, -0.2) is 33.4 Å². The summed E-state index contributed by atoms with van der Waals surface area (Å²) in [4.78, 5) is 0.955. The summed E-state index contributed by atoms with van der Waals surface area (Å²) < 4.78 is 16.6. The molecule has 0 aliphatic carbocycles. The maximum atomic E-state index is 5.78. The molecular weight excluding hydrogens is 336 g/mol. The van der Waals surface area contributed by atoms with Crippen molar-refractivity contribution in [3.63, 3.8) is 0 Å². The molecule has 3 N–H and O–H groups in total. The van der Waals surface area contributed by atoms with Crippen molar-refractivity contribution in [3.05, 3.63) is 48.0 Å². The maximum absolute atomic E-state index is 5.78. The van der Waals surface area contributed by atoms with Crippen molar-refractivity contribution in [2.45, 2.75) is 18.2 Å². The molecule has 0 atom stereocenters. The summed E-state index contributed by atoms with van der Waals surface area (Å²) in [6, 6.07) is 13.8. The van der Waals surface area contributed by atoms with Gasteiger partial charge in [-0.1, -0.05) is 18.2 Å². The number of ether oxygens (including phenoxy) is 3. The first-order chi connectivity index (χ1) is 12.3. The van der Waals surface area contributed by atoms with Crippen molar-refractivity contribution in [2.75, 3.05) is 33.4 Å². The number of hydrogen-bond acceptors (Lipinski definition) is 6. The SMILES string of the molecule is CCOc1ccccc1OCCNCCc1ccc(OC)c(SN)c1. The molecule has 0 radical (unpaired) electrons. The molecule has 0 aromatic heterocycles. The van der Waals surface area contributed by atoms with Gasteiger partial charge in [-0.25, -0.2) is 0 Å². The lowest BCUT2D eigenvalue weighted by molar-refractivity contribution is 0.276. The van der Waals surface area contributed by atoms with Crippen LogP contribution in [0.5, 0.6) is 17.2 Å². The number of rotatable bonds is 11. The van der Waals surface area contributed by atoms with E-state index in [0.29, 0.717) is 13.2 Å². The van der Waals surface area contributed by atoms with Gasteiger partial charge in [0.25, 0.3) is 0 Å². The number of nitrogens with two attached hydrogens (primary N) is 1. The molecule has 2 aromatic carbocycles. The average Bonchev–Trinajstić information content (AvgIpc) is 2.65. The summed E-state index contributed by atoms with van der Waals surface area (Å²) in [5.74, 6) is 2.38. The molecular formula is C19H26N2O3S. The topological polar surface area (TPSA) is 65.7 Å². The Hall–Kier alpha value is -1.89. The van der Waals surface area contributed by atoms with Crippen molar-refractivity contribution in [1.82, 2.24) is 5.32 Å². The van der Waals surface area contributed by atoms with Gasteiger partial charge in [0.15, 0.2) is 11.5 Å². The number of benzene rings is 2. The molecule has 0 unspecified atom stereocenters. The molecule has 0 spiro atoms. The largest absolute Gasteiger partial charge is 0.496 e. The predicted octanol–water partition coefficient (Wildman–Crippen LogP) is 3.27. The van der Waals surface area contributed by atoms with Crippen molar-refractivity contribution >= 4 is 11.9 Å². The van der Waals surface area contributed by atoms with E-state index in [-0.39, 0.29) is 0 Å².